The van der Waals surface area contributed by atoms with Crippen molar-refractivity contribution in [3.8, 4) is 0 Å². The zero-order chi connectivity index (χ0) is 11.5. The number of rotatable bonds is 1. The maximum atomic E-state index is 12.3. The molecule has 16 heavy (non-hydrogen) atoms. The van der Waals surface area contributed by atoms with Gasteiger partial charge < -0.3 is 4.90 Å². The molecule has 0 aromatic carbocycles. The van der Waals surface area contributed by atoms with E-state index in [1.165, 1.54) is 23.3 Å². The minimum absolute atomic E-state index is 0.240. The quantitative estimate of drug-likeness (QED) is 0.733. The fourth-order valence-corrected chi connectivity index (χ4v) is 3.03. The van der Waals surface area contributed by atoms with Crippen molar-refractivity contribution >= 4 is 17.2 Å². The lowest BCUT2D eigenvalue weighted by Crippen LogP contribution is -2.31. The van der Waals surface area contributed by atoms with Crippen LogP contribution in [-0.2, 0) is 0 Å². The average molecular weight is 237 g/mol. The molecule has 0 aliphatic carbocycles. The van der Waals surface area contributed by atoms with Crippen LogP contribution in [0.2, 0.25) is 0 Å². The number of amides is 1. The monoisotopic (exact) mass is 237 g/mol. The molecule has 2 rings (SSSR count). The van der Waals surface area contributed by atoms with E-state index >= 15 is 0 Å². The molecule has 0 saturated carbocycles. The number of thiophene rings is 1. The molecule has 0 atom stereocenters. The summed E-state index contributed by atoms with van der Waals surface area (Å²) in [6.07, 6.45) is 4.86. The summed E-state index contributed by atoms with van der Waals surface area (Å²) in [4.78, 5) is 15.6. The number of carbonyl (C=O) groups excluding carboxylic acids is 1. The summed E-state index contributed by atoms with van der Waals surface area (Å²) >= 11 is 1.68. The second kappa shape index (κ2) is 5.00. The predicted molar refractivity (Wildman–Crippen MR) is 68.2 cm³/mol. The van der Waals surface area contributed by atoms with E-state index in [-0.39, 0.29) is 5.91 Å². The van der Waals surface area contributed by atoms with Crippen molar-refractivity contribution in [3.63, 3.8) is 0 Å². The molecule has 0 N–H and O–H groups in total. The summed E-state index contributed by atoms with van der Waals surface area (Å²) in [5, 5.41) is 2.01. The fraction of sp³-hybridized carbons (Fsp3) is 0.615. The Bertz CT molecular complexity index is 375. The van der Waals surface area contributed by atoms with Crippen LogP contribution in [0.3, 0.4) is 0 Å². The summed E-state index contributed by atoms with van der Waals surface area (Å²) in [5.41, 5.74) is 2.09. The summed E-state index contributed by atoms with van der Waals surface area (Å²) in [6.45, 7) is 6.01. The highest BCUT2D eigenvalue weighted by Gasteiger charge is 2.20. The zero-order valence-corrected chi connectivity index (χ0v) is 10.9. The third-order valence-corrected chi connectivity index (χ3v) is 4.42. The van der Waals surface area contributed by atoms with Gasteiger partial charge in [-0.3, -0.25) is 4.79 Å². The number of hydrogen-bond acceptors (Lipinski definition) is 2. The molecule has 2 heterocycles. The third kappa shape index (κ3) is 2.29. The summed E-state index contributed by atoms with van der Waals surface area (Å²) in [5.74, 6) is 0.240. The molecule has 1 saturated heterocycles. The predicted octanol–water partition coefficient (Wildman–Crippen LogP) is 3.38. The van der Waals surface area contributed by atoms with E-state index in [2.05, 4.69) is 13.8 Å². The molecule has 1 amide bonds. The maximum absolute atomic E-state index is 12.3. The molecule has 0 spiro atoms. The number of carbonyl (C=O) groups is 1. The Morgan fingerprint density at radius 1 is 1.19 bits per heavy atom. The topological polar surface area (TPSA) is 20.3 Å². The standard InChI is InChI=1S/C13H19NOS/c1-10-11(2)16-9-12(10)13(15)14-7-5-3-4-6-8-14/h9H,3-8H2,1-2H3. The van der Waals surface area contributed by atoms with E-state index < -0.39 is 0 Å². The van der Waals surface area contributed by atoms with E-state index in [1.54, 1.807) is 11.3 Å². The van der Waals surface area contributed by atoms with Gasteiger partial charge >= 0.3 is 0 Å². The molecule has 1 aromatic heterocycles. The third-order valence-electron chi connectivity index (χ3n) is 3.41. The first kappa shape index (κ1) is 11.6. The SMILES string of the molecule is Cc1scc(C(=O)N2CCCCCC2)c1C. The highest BCUT2D eigenvalue weighted by Crippen LogP contribution is 2.23. The highest BCUT2D eigenvalue weighted by atomic mass is 32.1. The minimum Gasteiger partial charge on any atom is -0.339 e. The molecule has 1 aliphatic heterocycles. The molecule has 1 aromatic rings. The molecule has 0 bridgehead atoms. The van der Waals surface area contributed by atoms with Crippen molar-refractivity contribution in [2.24, 2.45) is 0 Å². The van der Waals surface area contributed by atoms with Gasteiger partial charge in [0.2, 0.25) is 0 Å². The molecule has 1 aliphatic rings. The Morgan fingerprint density at radius 3 is 2.31 bits per heavy atom. The van der Waals surface area contributed by atoms with Crippen LogP contribution >= 0.6 is 11.3 Å². The van der Waals surface area contributed by atoms with Crippen LogP contribution in [0.4, 0.5) is 0 Å². The van der Waals surface area contributed by atoms with Crippen LogP contribution < -0.4 is 0 Å². The van der Waals surface area contributed by atoms with Gasteiger partial charge in [-0.25, -0.2) is 0 Å². The smallest absolute Gasteiger partial charge is 0.254 e. The molecular formula is C13H19NOS. The second-order valence-corrected chi connectivity index (χ2v) is 5.62. The van der Waals surface area contributed by atoms with Crippen molar-refractivity contribution in [2.75, 3.05) is 13.1 Å². The minimum atomic E-state index is 0.240. The second-order valence-electron chi connectivity index (χ2n) is 4.54. The Kier molecular flexibility index (Phi) is 3.64. The van der Waals surface area contributed by atoms with Crippen LogP contribution in [0.15, 0.2) is 5.38 Å². The van der Waals surface area contributed by atoms with Crippen LogP contribution in [0.1, 0.15) is 46.5 Å². The first-order valence-electron chi connectivity index (χ1n) is 6.04. The van der Waals surface area contributed by atoms with Gasteiger partial charge in [0.1, 0.15) is 0 Å². The van der Waals surface area contributed by atoms with Crippen molar-refractivity contribution in [3.05, 3.63) is 21.4 Å². The zero-order valence-electron chi connectivity index (χ0n) is 10.1. The van der Waals surface area contributed by atoms with Crippen LogP contribution in [0, 0.1) is 13.8 Å². The molecule has 0 radical (unpaired) electrons. The van der Waals surface area contributed by atoms with Gasteiger partial charge in [0.05, 0.1) is 5.56 Å². The molecule has 1 fully saturated rings. The number of aryl methyl sites for hydroxylation is 1. The van der Waals surface area contributed by atoms with Crippen LogP contribution in [-0.4, -0.2) is 23.9 Å². The lowest BCUT2D eigenvalue weighted by molar-refractivity contribution is 0.0761. The number of likely N-dealkylation sites (tertiary alicyclic amines) is 1. The Morgan fingerprint density at radius 2 is 1.81 bits per heavy atom. The maximum Gasteiger partial charge on any atom is 0.254 e. The van der Waals surface area contributed by atoms with Crippen LogP contribution in [0.5, 0.6) is 0 Å². The lowest BCUT2D eigenvalue weighted by atomic mass is 10.1. The van der Waals surface area contributed by atoms with Crippen molar-refractivity contribution in [1.82, 2.24) is 4.90 Å². The van der Waals surface area contributed by atoms with Gasteiger partial charge in [-0.15, -0.1) is 11.3 Å². The number of nitrogens with zero attached hydrogens (tertiary/aromatic N) is 1. The lowest BCUT2D eigenvalue weighted by Gasteiger charge is -2.20. The Hall–Kier alpha value is -0.830. The summed E-state index contributed by atoms with van der Waals surface area (Å²) < 4.78 is 0. The molecule has 3 heteroatoms. The van der Waals surface area contributed by atoms with Gasteiger partial charge in [-0.05, 0) is 32.3 Å². The van der Waals surface area contributed by atoms with Gasteiger partial charge in [0.25, 0.3) is 5.91 Å². The van der Waals surface area contributed by atoms with E-state index in [0.717, 1.165) is 31.5 Å². The van der Waals surface area contributed by atoms with Gasteiger partial charge in [-0.1, -0.05) is 12.8 Å². The largest absolute Gasteiger partial charge is 0.339 e. The van der Waals surface area contributed by atoms with E-state index in [0.29, 0.717) is 0 Å². The van der Waals surface area contributed by atoms with E-state index in [1.807, 2.05) is 10.3 Å². The normalized spacial score (nSPS) is 17.2. The molecule has 0 unspecified atom stereocenters. The van der Waals surface area contributed by atoms with Gasteiger partial charge in [-0.2, -0.15) is 0 Å². The molecule has 2 nitrogen and oxygen atoms in total. The van der Waals surface area contributed by atoms with Crippen LogP contribution in [0.25, 0.3) is 0 Å². The van der Waals surface area contributed by atoms with Crippen molar-refractivity contribution < 1.29 is 4.79 Å². The highest BCUT2D eigenvalue weighted by molar-refractivity contribution is 7.10. The molecular weight excluding hydrogens is 218 g/mol. The average Bonchev–Trinajstić information content (AvgIpc) is 2.53. The first-order chi connectivity index (χ1) is 7.70. The van der Waals surface area contributed by atoms with Gasteiger partial charge in [0.15, 0.2) is 0 Å². The Balaban J connectivity index is 2.14. The van der Waals surface area contributed by atoms with Crippen molar-refractivity contribution in [2.45, 2.75) is 39.5 Å². The summed E-state index contributed by atoms with van der Waals surface area (Å²) in [6, 6.07) is 0. The van der Waals surface area contributed by atoms with E-state index in [9.17, 15) is 4.79 Å². The first-order valence-corrected chi connectivity index (χ1v) is 6.92. The van der Waals surface area contributed by atoms with Crippen molar-refractivity contribution in [1.29, 1.82) is 0 Å². The number of hydrogen-bond donors (Lipinski definition) is 0. The van der Waals surface area contributed by atoms with Gasteiger partial charge in [0, 0.05) is 23.3 Å². The Labute approximate surface area is 101 Å². The van der Waals surface area contributed by atoms with E-state index in [4.69, 9.17) is 0 Å². The fourth-order valence-electron chi connectivity index (χ4n) is 2.17. The molecule has 88 valence electrons. The summed E-state index contributed by atoms with van der Waals surface area (Å²) in [7, 11) is 0.